The number of aromatic nitrogens is 2. The molecule has 3 rings (SSSR count). The molecule has 0 spiro atoms. The number of nitrogens with one attached hydrogen (secondary N) is 1. The van der Waals surface area contributed by atoms with E-state index in [1.165, 1.54) is 23.9 Å². The third-order valence-corrected chi connectivity index (χ3v) is 3.82. The van der Waals surface area contributed by atoms with Crippen LogP contribution in [-0.4, -0.2) is 22.1 Å². The van der Waals surface area contributed by atoms with Crippen molar-refractivity contribution in [1.29, 1.82) is 0 Å². The molecule has 1 aromatic heterocycles. The van der Waals surface area contributed by atoms with Gasteiger partial charge in [0.25, 0.3) is 0 Å². The van der Waals surface area contributed by atoms with E-state index in [0.29, 0.717) is 6.04 Å². The van der Waals surface area contributed by atoms with Gasteiger partial charge in [0.2, 0.25) is 0 Å². The van der Waals surface area contributed by atoms with Crippen LogP contribution in [0.25, 0.3) is 11.0 Å². The minimum Gasteiger partial charge on any atom is -0.334 e. The average Bonchev–Trinajstić information content (AvgIpc) is 2.68. The molecule has 4 nitrogen and oxygen atoms in total. The molecular weight excluding hydrogens is 224 g/mol. The monoisotopic (exact) mass is 244 g/mol. The summed E-state index contributed by atoms with van der Waals surface area (Å²) in [7, 11) is 2.02. The average molecular weight is 244 g/mol. The van der Waals surface area contributed by atoms with Gasteiger partial charge in [-0.25, -0.2) is 4.98 Å². The van der Waals surface area contributed by atoms with Crippen molar-refractivity contribution in [2.45, 2.75) is 25.4 Å². The number of nitrogens with zero attached hydrogens (tertiary/aromatic N) is 2. The molecule has 0 saturated heterocycles. The second-order valence-corrected chi connectivity index (χ2v) is 5.41. The lowest BCUT2D eigenvalue weighted by molar-refractivity contribution is 0.256. The van der Waals surface area contributed by atoms with Crippen LogP contribution in [-0.2, 0) is 13.6 Å². The van der Waals surface area contributed by atoms with Crippen molar-refractivity contribution in [2.24, 2.45) is 18.7 Å². The number of nitrogens with two attached hydrogens (primary N) is 1. The lowest BCUT2D eigenvalue weighted by Gasteiger charge is -2.32. The summed E-state index contributed by atoms with van der Waals surface area (Å²) in [4.78, 5) is 4.38. The van der Waals surface area contributed by atoms with Crippen LogP contribution in [0.4, 0.5) is 0 Å². The van der Waals surface area contributed by atoms with Gasteiger partial charge in [0, 0.05) is 19.6 Å². The van der Waals surface area contributed by atoms with Gasteiger partial charge >= 0.3 is 0 Å². The summed E-state index contributed by atoms with van der Waals surface area (Å²) in [6.45, 7) is 1.99. The van der Waals surface area contributed by atoms with Crippen LogP contribution < -0.4 is 11.1 Å². The summed E-state index contributed by atoms with van der Waals surface area (Å²) in [5.74, 6) is 0.776. The topological polar surface area (TPSA) is 55.9 Å². The number of aryl methyl sites for hydroxylation is 1. The van der Waals surface area contributed by atoms with Gasteiger partial charge in [0.15, 0.2) is 0 Å². The first-order chi connectivity index (χ1) is 8.72. The van der Waals surface area contributed by atoms with Crippen LogP contribution in [0, 0.1) is 5.92 Å². The number of rotatable bonds is 4. The van der Waals surface area contributed by atoms with Crippen LogP contribution in [0.1, 0.15) is 18.4 Å². The maximum Gasteiger partial charge on any atom is 0.0955 e. The molecule has 3 N–H and O–H groups in total. The molecule has 1 aliphatic rings. The molecule has 18 heavy (non-hydrogen) atoms. The van der Waals surface area contributed by atoms with Crippen LogP contribution in [0.2, 0.25) is 0 Å². The highest BCUT2D eigenvalue weighted by atomic mass is 15.0. The molecule has 0 aliphatic heterocycles. The highest BCUT2D eigenvalue weighted by molar-refractivity contribution is 5.75. The van der Waals surface area contributed by atoms with Crippen molar-refractivity contribution in [3.8, 4) is 0 Å². The number of benzene rings is 1. The minimum atomic E-state index is 0.446. The molecule has 2 aromatic rings. The van der Waals surface area contributed by atoms with Crippen LogP contribution in [0.15, 0.2) is 24.5 Å². The van der Waals surface area contributed by atoms with E-state index in [-0.39, 0.29) is 0 Å². The molecule has 96 valence electrons. The Bertz CT molecular complexity index is 540. The van der Waals surface area contributed by atoms with Gasteiger partial charge in [0.05, 0.1) is 17.4 Å². The van der Waals surface area contributed by atoms with E-state index in [2.05, 4.69) is 28.5 Å². The summed E-state index contributed by atoms with van der Waals surface area (Å²) in [5, 5.41) is 3.51. The molecule has 1 fully saturated rings. The Labute approximate surface area is 107 Å². The lowest BCUT2D eigenvalue weighted by Crippen LogP contribution is -2.41. The van der Waals surface area contributed by atoms with E-state index < -0.39 is 0 Å². The Morgan fingerprint density at radius 3 is 3.06 bits per heavy atom. The summed E-state index contributed by atoms with van der Waals surface area (Å²) in [5.41, 5.74) is 9.33. The van der Waals surface area contributed by atoms with Gasteiger partial charge in [-0.3, -0.25) is 0 Å². The van der Waals surface area contributed by atoms with Gasteiger partial charge in [0.1, 0.15) is 0 Å². The number of fused-ring (bicyclic) bond motifs is 1. The zero-order valence-electron chi connectivity index (χ0n) is 10.8. The molecule has 1 saturated carbocycles. The van der Waals surface area contributed by atoms with Gasteiger partial charge in [-0.2, -0.15) is 0 Å². The highest BCUT2D eigenvalue weighted by Crippen LogP contribution is 2.24. The Morgan fingerprint density at radius 1 is 1.44 bits per heavy atom. The Hall–Kier alpha value is -1.39. The molecular formula is C14H20N4. The predicted octanol–water partition coefficient (Wildman–Crippen LogP) is 1.40. The quantitative estimate of drug-likeness (QED) is 0.854. The van der Waals surface area contributed by atoms with E-state index in [4.69, 9.17) is 5.73 Å². The van der Waals surface area contributed by atoms with E-state index in [0.717, 1.165) is 24.5 Å². The molecule has 4 heteroatoms. The molecule has 1 aliphatic carbocycles. The van der Waals surface area contributed by atoms with Gasteiger partial charge < -0.3 is 15.6 Å². The Balaban J connectivity index is 1.57. The first-order valence-corrected chi connectivity index (χ1v) is 6.58. The number of hydrogen-bond donors (Lipinski definition) is 2. The van der Waals surface area contributed by atoms with Crippen LogP contribution >= 0.6 is 0 Å². The van der Waals surface area contributed by atoms with Crippen molar-refractivity contribution in [1.82, 2.24) is 14.9 Å². The van der Waals surface area contributed by atoms with E-state index in [1.807, 2.05) is 17.9 Å². The maximum absolute atomic E-state index is 5.78. The van der Waals surface area contributed by atoms with Crippen molar-refractivity contribution in [2.75, 3.05) is 6.54 Å². The smallest absolute Gasteiger partial charge is 0.0955 e. The zero-order valence-corrected chi connectivity index (χ0v) is 10.8. The molecule has 0 unspecified atom stereocenters. The highest BCUT2D eigenvalue weighted by Gasteiger charge is 2.24. The minimum absolute atomic E-state index is 0.446. The fraction of sp³-hybridized carbons (Fsp3) is 0.500. The van der Waals surface area contributed by atoms with Crippen LogP contribution in [0.5, 0.6) is 0 Å². The molecule has 0 bridgehead atoms. The lowest BCUT2D eigenvalue weighted by atomic mass is 9.81. The van der Waals surface area contributed by atoms with Crippen LogP contribution in [0.3, 0.4) is 0 Å². The van der Waals surface area contributed by atoms with E-state index >= 15 is 0 Å². The maximum atomic E-state index is 5.78. The van der Waals surface area contributed by atoms with E-state index in [1.54, 1.807) is 0 Å². The number of imidazole rings is 1. The van der Waals surface area contributed by atoms with Gasteiger partial charge in [-0.1, -0.05) is 6.07 Å². The molecule has 0 atom stereocenters. The summed E-state index contributed by atoms with van der Waals surface area (Å²) in [6, 6.07) is 6.92. The standard InChI is InChI=1S/C14H20N4/c1-18-9-17-13-6-10(2-3-14(13)18)7-16-8-11-4-12(15)5-11/h2-3,6,9,11-12,16H,4-5,7-8,15H2,1H3. The molecule has 1 heterocycles. The summed E-state index contributed by atoms with van der Waals surface area (Å²) >= 11 is 0. The predicted molar refractivity (Wildman–Crippen MR) is 73.1 cm³/mol. The SMILES string of the molecule is Cn1cnc2cc(CNCC3CC(N)C3)ccc21. The van der Waals surface area contributed by atoms with Crippen molar-refractivity contribution in [3.63, 3.8) is 0 Å². The third kappa shape index (κ3) is 2.26. The number of hydrogen-bond acceptors (Lipinski definition) is 3. The Morgan fingerprint density at radius 2 is 2.28 bits per heavy atom. The summed E-state index contributed by atoms with van der Waals surface area (Å²) in [6.07, 6.45) is 4.20. The molecule has 0 radical (unpaired) electrons. The van der Waals surface area contributed by atoms with Gasteiger partial charge in [-0.05, 0) is 43.0 Å². The van der Waals surface area contributed by atoms with Gasteiger partial charge in [-0.15, -0.1) is 0 Å². The van der Waals surface area contributed by atoms with Crippen molar-refractivity contribution >= 4 is 11.0 Å². The second kappa shape index (κ2) is 4.71. The fourth-order valence-corrected chi connectivity index (χ4v) is 2.67. The third-order valence-electron chi connectivity index (χ3n) is 3.82. The normalized spacial score (nSPS) is 23.2. The second-order valence-electron chi connectivity index (χ2n) is 5.41. The molecule has 0 amide bonds. The largest absolute Gasteiger partial charge is 0.334 e. The first-order valence-electron chi connectivity index (χ1n) is 6.58. The fourth-order valence-electron chi connectivity index (χ4n) is 2.67. The summed E-state index contributed by atoms with van der Waals surface area (Å²) < 4.78 is 2.04. The zero-order chi connectivity index (χ0) is 12.5. The van der Waals surface area contributed by atoms with Crippen molar-refractivity contribution < 1.29 is 0 Å². The molecule has 1 aromatic carbocycles. The van der Waals surface area contributed by atoms with Crippen molar-refractivity contribution in [3.05, 3.63) is 30.1 Å². The Kier molecular flexibility index (Phi) is 3.06. The van der Waals surface area contributed by atoms with E-state index in [9.17, 15) is 0 Å². The first kappa shape index (κ1) is 11.7.